The first-order chi connectivity index (χ1) is 12.0. The van der Waals surface area contributed by atoms with Crippen LogP contribution in [0.4, 0.5) is 5.95 Å². The molecule has 0 saturated carbocycles. The number of methoxy groups -OCH3 is 1. The molecule has 1 aliphatic heterocycles. The van der Waals surface area contributed by atoms with Crippen molar-refractivity contribution in [2.24, 2.45) is 0 Å². The van der Waals surface area contributed by atoms with Crippen LogP contribution in [0.1, 0.15) is 6.23 Å². The van der Waals surface area contributed by atoms with Gasteiger partial charge in [0.25, 0.3) is 5.56 Å². The fraction of sp³-hybridized carbons (Fsp3) is 0.545. The molecule has 1 fully saturated rings. The number of nitrogen functional groups attached to an aromatic ring is 1. The number of aromatic amines is 1. The Labute approximate surface area is 140 Å². The summed E-state index contributed by atoms with van der Waals surface area (Å²) < 4.78 is 16.7. The fourth-order valence-electron chi connectivity index (χ4n) is 2.42. The predicted molar refractivity (Wildman–Crippen MR) is 81.7 cm³/mol. The van der Waals surface area contributed by atoms with Crippen LogP contribution in [0.25, 0.3) is 11.2 Å². The Hall–Kier alpha value is -1.70. The number of hydrogen-bond acceptors (Lipinski definition) is 11. The van der Waals surface area contributed by atoms with Gasteiger partial charge in [-0.05, 0) is 0 Å². The van der Waals surface area contributed by atoms with Crippen molar-refractivity contribution < 1.29 is 34.1 Å². The van der Waals surface area contributed by atoms with Crippen molar-refractivity contribution in [1.29, 1.82) is 0 Å². The van der Waals surface area contributed by atoms with Crippen LogP contribution in [0.15, 0.2) is 11.1 Å². The van der Waals surface area contributed by atoms with Gasteiger partial charge in [0.05, 0.1) is 6.33 Å². The highest BCUT2D eigenvalue weighted by atomic mass is 31.2. The monoisotopic (exact) mass is 377 g/mol. The van der Waals surface area contributed by atoms with Crippen molar-refractivity contribution in [3.8, 4) is 0 Å². The molecule has 1 saturated heterocycles. The van der Waals surface area contributed by atoms with Gasteiger partial charge < -0.3 is 30.3 Å². The predicted octanol–water partition coefficient (Wildman–Crippen LogP) is -1.87. The molecule has 0 spiro atoms. The number of anilines is 1. The summed E-state index contributed by atoms with van der Waals surface area (Å²) in [5, 5.41) is 19.0. The number of ether oxygens (including phenoxy) is 2. The van der Waals surface area contributed by atoms with Crippen molar-refractivity contribution in [3.63, 3.8) is 0 Å². The van der Waals surface area contributed by atoms with Crippen molar-refractivity contribution in [3.05, 3.63) is 16.7 Å². The number of aliphatic hydroxyl groups is 2. The first-order valence-corrected chi connectivity index (χ1v) is 8.35. The smallest absolute Gasteiger partial charge is 0.280 e. The van der Waals surface area contributed by atoms with Crippen molar-refractivity contribution in [2.75, 3.05) is 19.2 Å². The van der Waals surface area contributed by atoms with Gasteiger partial charge in [-0.3, -0.25) is 14.3 Å². The summed E-state index contributed by atoms with van der Waals surface area (Å²) in [5.41, 5.74) is 5.17. The summed E-state index contributed by atoms with van der Waals surface area (Å²) in [5.74, 6) is -0.114. The maximum Gasteiger partial charge on any atom is 0.280 e. The number of rotatable bonds is 6. The van der Waals surface area contributed by atoms with Crippen LogP contribution < -0.4 is 11.3 Å². The number of imidazole rings is 1. The number of hydrogen-bond donors (Lipinski definition) is 5. The van der Waals surface area contributed by atoms with E-state index in [1.807, 2.05) is 0 Å². The molecule has 5 atom stereocenters. The average Bonchev–Trinajstić information content (AvgIpc) is 3.13. The molecule has 2 aromatic heterocycles. The molecular formula is C11H16N5O8P. The zero-order valence-corrected chi connectivity index (χ0v) is 13.7. The Morgan fingerprint density at radius 1 is 1.56 bits per heavy atom. The van der Waals surface area contributed by atoms with Crippen LogP contribution in [0.5, 0.6) is 0 Å². The van der Waals surface area contributed by atoms with E-state index in [1.165, 1.54) is 18.0 Å². The second kappa shape index (κ2) is 7.27. The van der Waals surface area contributed by atoms with Crippen LogP contribution in [0.3, 0.4) is 0 Å². The Morgan fingerprint density at radius 2 is 2.32 bits per heavy atom. The lowest BCUT2D eigenvalue weighted by atomic mass is 10.2. The van der Waals surface area contributed by atoms with E-state index in [4.69, 9.17) is 25.2 Å². The molecule has 14 heteroatoms. The number of nitrogens with one attached hydrogen (secondary N) is 1. The van der Waals surface area contributed by atoms with Gasteiger partial charge in [0.15, 0.2) is 17.4 Å². The molecule has 2 unspecified atom stereocenters. The third-order valence-corrected chi connectivity index (χ3v) is 4.01. The summed E-state index contributed by atoms with van der Waals surface area (Å²) in [6, 6.07) is 0. The van der Waals surface area contributed by atoms with Gasteiger partial charge in [0.1, 0.15) is 18.6 Å². The van der Waals surface area contributed by atoms with Crippen LogP contribution in [0.2, 0.25) is 0 Å². The van der Waals surface area contributed by atoms with Gasteiger partial charge in [0.2, 0.25) is 20.6 Å². The van der Waals surface area contributed by atoms with E-state index in [-0.39, 0.29) is 17.1 Å². The average molecular weight is 377 g/mol. The van der Waals surface area contributed by atoms with Crippen LogP contribution in [-0.4, -0.2) is 66.6 Å². The highest BCUT2D eigenvalue weighted by Crippen LogP contribution is 2.37. The lowest BCUT2D eigenvalue weighted by molar-refractivity contribution is -0.332. The maximum atomic E-state index is 11.9. The number of nitrogens with zero attached hydrogens (tertiary/aromatic N) is 3. The zero-order chi connectivity index (χ0) is 18.1. The molecule has 3 heterocycles. The van der Waals surface area contributed by atoms with E-state index in [2.05, 4.69) is 19.6 Å². The molecular weight excluding hydrogens is 361 g/mol. The molecule has 0 aromatic carbocycles. The molecule has 3 rings (SSSR count). The first-order valence-electron chi connectivity index (χ1n) is 6.95. The number of fused-ring (bicyclic) bond motifs is 1. The summed E-state index contributed by atoms with van der Waals surface area (Å²) in [7, 11) is -0.879. The lowest BCUT2D eigenvalue weighted by Gasteiger charge is -2.19. The molecule has 2 aromatic rings. The van der Waals surface area contributed by atoms with Gasteiger partial charge in [0, 0.05) is 7.11 Å². The summed E-state index contributed by atoms with van der Waals surface area (Å²) in [4.78, 5) is 36.1. The SMILES string of the molecule is COC1[C@@H](O)[C@@H](OOP(O)CO)O[C@H]1n1cnc2c(=O)[nH]c(N)nc21. The normalized spacial score (nSPS) is 27.8. The van der Waals surface area contributed by atoms with Gasteiger partial charge in [-0.15, -0.1) is 0 Å². The number of aromatic nitrogens is 4. The minimum absolute atomic E-state index is 0.0296. The maximum absolute atomic E-state index is 11.9. The Morgan fingerprint density at radius 3 is 3.00 bits per heavy atom. The summed E-state index contributed by atoms with van der Waals surface area (Å²) in [6.07, 6.45) is -3.87. The molecule has 0 amide bonds. The molecule has 138 valence electrons. The number of aliphatic hydroxyl groups excluding tert-OH is 2. The van der Waals surface area contributed by atoms with Crippen LogP contribution in [0, 0.1) is 0 Å². The highest BCUT2D eigenvalue weighted by molar-refractivity contribution is 7.45. The van der Waals surface area contributed by atoms with Crippen molar-refractivity contribution in [1.82, 2.24) is 19.5 Å². The van der Waals surface area contributed by atoms with Gasteiger partial charge in [-0.1, -0.05) is 0 Å². The number of nitrogens with two attached hydrogens (primary N) is 1. The Bertz CT molecular complexity index is 798. The third-order valence-electron chi connectivity index (χ3n) is 3.51. The minimum atomic E-state index is -2.22. The van der Waals surface area contributed by atoms with Crippen LogP contribution in [-0.2, 0) is 19.0 Å². The van der Waals surface area contributed by atoms with Crippen molar-refractivity contribution in [2.45, 2.75) is 24.7 Å². The summed E-state index contributed by atoms with van der Waals surface area (Å²) in [6.45, 7) is 0. The van der Waals surface area contributed by atoms with Gasteiger partial charge >= 0.3 is 0 Å². The highest BCUT2D eigenvalue weighted by Gasteiger charge is 2.47. The lowest BCUT2D eigenvalue weighted by Crippen LogP contribution is -2.34. The topological polar surface area (TPSA) is 187 Å². The molecule has 0 aliphatic carbocycles. The Balaban J connectivity index is 1.90. The molecule has 1 aliphatic rings. The first kappa shape index (κ1) is 18.1. The minimum Gasteiger partial charge on any atom is -0.387 e. The number of H-pyrrole nitrogens is 1. The molecule has 0 bridgehead atoms. The zero-order valence-electron chi connectivity index (χ0n) is 12.8. The molecule has 6 N–H and O–H groups in total. The van der Waals surface area contributed by atoms with Crippen molar-refractivity contribution >= 4 is 25.5 Å². The fourth-order valence-corrected chi connectivity index (χ4v) is 2.65. The van der Waals surface area contributed by atoms with Crippen LogP contribution >= 0.6 is 8.38 Å². The van der Waals surface area contributed by atoms with E-state index in [9.17, 15) is 14.8 Å². The third kappa shape index (κ3) is 3.36. The van der Waals surface area contributed by atoms with E-state index in [0.29, 0.717) is 0 Å². The van der Waals surface area contributed by atoms with E-state index >= 15 is 0 Å². The molecule has 13 nitrogen and oxygen atoms in total. The second-order valence-electron chi connectivity index (χ2n) is 5.03. The van der Waals surface area contributed by atoms with Gasteiger partial charge in [-0.2, -0.15) is 14.5 Å². The quantitative estimate of drug-likeness (QED) is 0.216. The standard InChI is InChI=1S/C11H16N5O8P/c1-21-6-5(18)10(23-24-25(20)3-17)22-9(6)16-2-13-4-7(16)14-11(12)15-8(4)19/h2,5-6,9-10,17-18,20H,3H2,1H3,(H3,12,14,15,19)/t5-,6?,9-,10-,25?/m1/s1. The van der Waals surface area contributed by atoms with E-state index < -0.39 is 45.0 Å². The van der Waals surface area contributed by atoms with E-state index in [0.717, 1.165) is 0 Å². The summed E-state index contributed by atoms with van der Waals surface area (Å²) >= 11 is 0. The second-order valence-corrected chi connectivity index (χ2v) is 6.16. The van der Waals surface area contributed by atoms with Gasteiger partial charge in [-0.25, -0.2) is 4.98 Å². The Kier molecular flexibility index (Phi) is 5.27. The largest absolute Gasteiger partial charge is 0.387 e. The van der Waals surface area contributed by atoms with E-state index in [1.54, 1.807) is 0 Å². The molecule has 25 heavy (non-hydrogen) atoms. The molecule has 0 radical (unpaired) electrons.